The number of aliphatic hydroxyl groups is 1. The predicted molar refractivity (Wildman–Crippen MR) is 102 cm³/mol. The number of benzene rings is 1. The van der Waals surface area contributed by atoms with Crippen LogP contribution in [0.4, 0.5) is 0 Å². The van der Waals surface area contributed by atoms with Crippen molar-refractivity contribution in [2.45, 2.75) is 51.6 Å². The number of ether oxygens (including phenoxy) is 2. The Hall–Kier alpha value is -2.29. The second kappa shape index (κ2) is 9.59. The van der Waals surface area contributed by atoms with E-state index in [9.17, 15) is 4.79 Å². The van der Waals surface area contributed by atoms with Gasteiger partial charge in [-0.15, -0.1) is 6.42 Å². The first kappa shape index (κ1) is 19.5. The quantitative estimate of drug-likeness (QED) is 0.725. The number of allylic oxidation sites excluding steroid dienone is 1. The van der Waals surface area contributed by atoms with Gasteiger partial charge in [-0.1, -0.05) is 43.0 Å². The molecule has 0 spiro atoms. The Morgan fingerprint density at radius 3 is 2.63 bits per heavy atom. The fourth-order valence-electron chi connectivity index (χ4n) is 3.81. The summed E-state index contributed by atoms with van der Waals surface area (Å²) in [6.07, 6.45) is 12.4. The molecule has 1 fully saturated rings. The summed E-state index contributed by atoms with van der Waals surface area (Å²) in [5.41, 5.74) is 1.87. The van der Waals surface area contributed by atoms with E-state index >= 15 is 0 Å². The van der Waals surface area contributed by atoms with Gasteiger partial charge in [-0.25, -0.2) is 0 Å². The molecule has 2 aliphatic rings. The summed E-state index contributed by atoms with van der Waals surface area (Å²) in [6.45, 7) is 0.597. The van der Waals surface area contributed by atoms with Gasteiger partial charge in [-0.2, -0.15) is 0 Å². The van der Waals surface area contributed by atoms with Gasteiger partial charge in [0.2, 0.25) is 6.29 Å². The molecule has 0 radical (unpaired) electrons. The molecule has 5 nitrogen and oxygen atoms in total. The summed E-state index contributed by atoms with van der Waals surface area (Å²) >= 11 is 0. The second-order valence-corrected chi connectivity index (χ2v) is 7.19. The van der Waals surface area contributed by atoms with E-state index in [1.807, 2.05) is 30.3 Å². The van der Waals surface area contributed by atoms with Gasteiger partial charge in [-0.3, -0.25) is 4.79 Å². The highest BCUT2D eigenvalue weighted by molar-refractivity contribution is 5.91. The topological polar surface area (TPSA) is 67.8 Å². The number of amides is 1. The smallest absolute Gasteiger partial charge is 0.286 e. The molecule has 1 amide bonds. The Bertz CT molecular complexity index is 698. The van der Waals surface area contributed by atoms with Gasteiger partial charge in [0.05, 0.1) is 19.8 Å². The van der Waals surface area contributed by atoms with Crippen LogP contribution in [0.25, 0.3) is 0 Å². The van der Waals surface area contributed by atoms with E-state index in [1.54, 1.807) is 0 Å². The number of rotatable bonds is 7. The average Bonchev–Trinajstić information content (AvgIpc) is 3.25. The molecular weight excluding hydrogens is 342 g/mol. The van der Waals surface area contributed by atoms with E-state index in [0.29, 0.717) is 18.3 Å². The van der Waals surface area contributed by atoms with Crippen LogP contribution in [0.15, 0.2) is 36.1 Å². The molecule has 1 aromatic rings. The number of aliphatic hydroxyl groups excluding tert-OH is 1. The van der Waals surface area contributed by atoms with Crippen LogP contribution in [-0.4, -0.2) is 23.8 Å². The maximum atomic E-state index is 12.3. The average molecular weight is 369 g/mol. The molecule has 1 aliphatic heterocycles. The van der Waals surface area contributed by atoms with E-state index < -0.39 is 6.29 Å². The first-order valence-electron chi connectivity index (χ1n) is 9.60. The summed E-state index contributed by atoms with van der Waals surface area (Å²) in [5, 5.41) is 11.8. The monoisotopic (exact) mass is 369 g/mol. The van der Waals surface area contributed by atoms with Crippen LogP contribution in [0.1, 0.15) is 43.2 Å². The Morgan fingerprint density at radius 2 is 1.96 bits per heavy atom. The maximum absolute atomic E-state index is 12.3. The van der Waals surface area contributed by atoms with Crippen LogP contribution >= 0.6 is 0 Å². The highest BCUT2D eigenvalue weighted by Gasteiger charge is 2.33. The van der Waals surface area contributed by atoms with Crippen molar-refractivity contribution in [2.75, 3.05) is 6.54 Å². The molecule has 1 aromatic carbocycles. The molecule has 3 rings (SSSR count). The zero-order chi connectivity index (χ0) is 19.1. The number of carbonyl (C=O) groups excluding carboxylic acids is 1. The zero-order valence-corrected chi connectivity index (χ0v) is 15.5. The molecule has 0 bridgehead atoms. The molecule has 144 valence electrons. The summed E-state index contributed by atoms with van der Waals surface area (Å²) in [4.78, 5) is 12.3. The molecule has 0 unspecified atom stereocenters. The van der Waals surface area contributed by atoms with Crippen LogP contribution < -0.4 is 5.32 Å². The van der Waals surface area contributed by atoms with E-state index in [0.717, 1.165) is 17.5 Å². The van der Waals surface area contributed by atoms with Crippen molar-refractivity contribution < 1.29 is 19.4 Å². The van der Waals surface area contributed by atoms with Crippen molar-refractivity contribution in [3.63, 3.8) is 0 Å². The van der Waals surface area contributed by atoms with Crippen molar-refractivity contribution in [3.05, 3.63) is 47.2 Å². The molecule has 2 N–H and O–H groups in total. The highest BCUT2D eigenvalue weighted by Crippen LogP contribution is 2.38. The Morgan fingerprint density at radius 1 is 1.26 bits per heavy atom. The van der Waals surface area contributed by atoms with Crippen LogP contribution in [0.3, 0.4) is 0 Å². The fraction of sp³-hybridized carbons (Fsp3) is 0.500. The van der Waals surface area contributed by atoms with Gasteiger partial charge in [0.15, 0.2) is 5.76 Å². The normalized spacial score (nSPS) is 22.6. The lowest BCUT2D eigenvalue weighted by Gasteiger charge is -2.32. The largest absolute Gasteiger partial charge is 0.459 e. The molecule has 5 heteroatoms. The zero-order valence-electron chi connectivity index (χ0n) is 15.5. The van der Waals surface area contributed by atoms with E-state index in [2.05, 4.69) is 11.2 Å². The third kappa shape index (κ3) is 5.35. The van der Waals surface area contributed by atoms with Gasteiger partial charge in [0, 0.05) is 6.42 Å². The molecule has 1 heterocycles. The molecule has 0 saturated heterocycles. The minimum atomic E-state index is -0.454. The lowest BCUT2D eigenvalue weighted by Crippen LogP contribution is -2.34. The first-order chi connectivity index (χ1) is 13.2. The predicted octanol–water partition coefficient (Wildman–Crippen LogP) is 2.88. The van der Waals surface area contributed by atoms with Crippen molar-refractivity contribution in [3.8, 4) is 12.3 Å². The minimum Gasteiger partial charge on any atom is -0.459 e. The third-order valence-electron chi connectivity index (χ3n) is 5.31. The van der Waals surface area contributed by atoms with Crippen LogP contribution in [0, 0.1) is 24.2 Å². The summed E-state index contributed by atoms with van der Waals surface area (Å²) < 4.78 is 11.8. The summed E-state index contributed by atoms with van der Waals surface area (Å²) in [5.74, 6) is 3.31. The molecule has 1 aliphatic carbocycles. The van der Waals surface area contributed by atoms with Crippen molar-refractivity contribution in [1.29, 1.82) is 0 Å². The second-order valence-electron chi connectivity index (χ2n) is 7.19. The number of terminal acetylenes is 1. The van der Waals surface area contributed by atoms with Crippen LogP contribution in [0.5, 0.6) is 0 Å². The van der Waals surface area contributed by atoms with Gasteiger partial charge in [-0.05, 0) is 41.9 Å². The maximum Gasteiger partial charge on any atom is 0.286 e. The number of nitrogens with one attached hydrogen (secondary N) is 1. The summed E-state index contributed by atoms with van der Waals surface area (Å²) in [7, 11) is 0. The van der Waals surface area contributed by atoms with Gasteiger partial charge in [0.1, 0.15) is 0 Å². The first-order valence-corrected chi connectivity index (χ1v) is 9.60. The Kier molecular flexibility index (Phi) is 6.92. The van der Waals surface area contributed by atoms with Gasteiger partial charge < -0.3 is 19.9 Å². The lowest BCUT2D eigenvalue weighted by molar-refractivity contribution is -0.155. The molecular formula is C22H27NO4. The molecule has 1 saturated carbocycles. The van der Waals surface area contributed by atoms with Crippen molar-refractivity contribution in [1.82, 2.24) is 5.32 Å². The molecule has 0 aromatic heterocycles. The molecule has 2 atom stereocenters. The third-order valence-corrected chi connectivity index (χ3v) is 5.31. The van der Waals surface area contributed by atoms with Crippen molar-refractivity contribution in [2.24, 2.45) is 11.8 Å². The standard InChI is InChI=1S/C22H27NO4/c1-2-11-23-22(25)20-12-19(18-5-3-4-6-18)13-21(27-20)26-15-17-9-7-16(14-24)8-10-17/h1,7-10,12,18-19,21,24H,3-6,11,13-15H2,(H,23,25)/t19-,21+/m1/s1. The molecule has 27 heavy (non-hydrogen) atoms. The highest BCUT2D eigenvalue weighted by atomic mass is 16.7. The van der Waals surface area contributed by atoms with Gasteiger partial charge >= 0.3 is 0 Å². The van der Waals surface area contributed by atoms with Crippen molar-refractivity contribution >= 4 is 5.91 Å². The van der Waals surface area contributed by atoms with Gasteiger partial charge in [0.25, 0.3) is 5.91 Å². The number of hydrogen-bond donors (Lipinski definition) is 2. The van der Waals surface area contributed by atoms with E-state index in [4.69, 9.17) is 21.0 Å². The van der Waals surface area contributed by atoms with E-state index in [1.165, 1.54) is 25.7 Å². The SMILES string of the molecule is C#CCNC(=O)C1=C[C@@H](C2CCCC2)C[C@@H](OCc2ccc(CO)cc2)O1. The van der Waals surface area contributed by atoms with Crippen LogP contribution in [-0.2, 0) is 27.5 Å². The fourth-order valence-corrected chi connectivity index (χ4v) is 3.81. The minimum absolute atomic E-state index is 0.0247. The Balaban J connectivity index is 1.64. The number of carbonyl (C=O) groups is 1. The number of hydrogen-bond acceptors (Lipinski definition) is 4. The summed E-state index contributed by atoms with van der Waals surface area (Å²) in [6, 6.07) is 7.61. The van der Waals surface area contributed by atoms with Crippen LogP contribution in [0.2, 0.25) is 0 Å². The lowest BCUT2D eigenvalue weighted by atomic mass is 9.86. The van der Waals surface area contributed by atoms with E-state index in [-0.39, 0.29) is 25.0 Å². The Labute approximate surface area is 160 Å².